The highest BCUT2D eigenvalue weighted by molar-refractivity contribution is 6.31. The number of benzene rings is 2. The molecule has 1 unspecified atom stereocenters. The van der Waals surface area contributed by atoms with E-state index in [1.807, 2.05) is 44.2 Å². The molecule has 3 aromatic rings. The van der Waals surface area contributed by atoms with Crippen LogP contribution < -0.4 is 14.8 Å². The minimum atomic E-state index is -0.188. The molecule has 1 aliphatic rings. The van der Waals surface area contributed by atoms with E-state index in [9.17, 15) is 4.79 Å². The minimum absolute atomic E-state index is 0.179. The van der Waals surface area contributed by atoms with E-state index in [-0.39, 0.29) is 18.7 Å². The predicted octanol–water partition coefficient (Wildman–Crippen LogP) is 4.42. The molecule has 0 bridgehead atoms. The van der Waals surface area contributed by atoms with Gasteiger partial charge in [0.1, 0.15) is 0 Å². The summed E-state index contributed by atoms with van der Waals surface area (Å²) >= 11 is 6.05. The van der Waals surface area contributed by atoms with Gasteiger partial charge in [0.25, 0.3) is 5.91 Å². The third kappa shape index (κ3) is 3.06. The number of nitrogens with one attached hydrogen (secondary N) is 1. The van der Waals surface area contributed by atoms with Crippen molar-refractivity contribution in [3.05, 3.63) is 64.3 Å². The lowest BCUT2D eigenvalue weighted by Gasteiger charge is -2.16. The molecule has 0 saturated heterocycles. The van der Waals surface area contributed by atoms with E-state index in [1.54, 1.807) is 12.1 Å². The molecule has 0 saturated carbocycles. The quantitative estimate of drug-likeness (QED) is 0.743. The number of hydrogen-bond acceptors (Lipinski definition) is 4. The first kappa shape index (κ1) is 16.7. The van der Waals surface area contributed by atoms with Gasteiger partial charge in [-0.1, -0.05) is 17.7 Å². The smallest absolute Gasteiger partial charge is 0.253 e. The second-order valence-electron chi connectivity index (χ2n) is 6.27. The standard InChI is InChI=1S/C20H17ClN2O3/c1-11(13-3-6-18-19(9-13)26-10-25-18)23-20(24)16-8-14-7-15(21)4-5-17(14)22-12(16)2/h3-9,11H,10H2,1-2H3,(H,23,24). The molecule has 0 aliphatic carbocycles. The van der Waals surface area contributed by atoms with Crippen molar-refractivity contribution in [1.82, 2.24) is 10.3 Å². The van der Waals surface area contributed by atoms with Crippen molar-refractivity contribution in [3.63, 3.8) is 0 Å². The van der Waals surface area contributed by atoms with Crippen molar-refractivity contribution in [2.75, 3.05) is 6.79 Å². The highest BCUT2D eigenvalue weighted by Crippen LogP contribution is 2.34. The SMILES string of the molecule is Cc1nc2ccc(Cl)cc2cc1C(=O)NC(C)c1ccc2c(c1)OCO2. The maximum atomic E-state index is 12.8. The summed E-state index contributed by atoms with van der Waals surface area (Å²) in [6, 6.07) is 12.7. The first-order valence-electron chi connectivity index (χ1n) is 8.28. The van der Waals surface area contributed by atoms with E-state index < -0.39 is 0 Å². The lowest BCUT2D eigenvalue weighted by Crippen LogP contribution is -2.27. The number of carbonyl (C=O) groups excluding carboxylic acids is 1. The molecule has 2 heterocycles. The Morgan fingerprint density at radius 3 is 2.81 bits per heavy atom. The second kappa shape index (κ2) is 6.50. The maximum Gasteiger partial charge on any atom is 0.253 e. The Labute approximate surface area is 155 Å². The third-order valence-electron chi connectivity index (χ3n) is 4.46. The summed E-state index contributed by atoms with van der Waals surface area (Å²) in [7, 11) is 0. The minimum Gasteiger partial charge on any atom is -0.454 e. The van der Waals surface area contributed by atoms with Crippen molar-refractivity contribution >= 4 is 28.4 Å². The number of amides is 1. The number of aryl methyl sites for hydroxylation is 1. The van der Waals surface area contributed by atoms with Crippen LogP contribution in [-0.4, -0.2) is 17.7 Å². The maximum absolute atomic E-state index is 12.8. The van der Waals surface area contributed by atoms with Gasteiger partial charge in [-0.2, -0.15) is 0 Å². The average Bonchev–Trinajstić information content (AvgIpc) is 3.09. The van der Waals surface area contributed by atoms with Crippen LogP contribution in [0.25, 0.3) is 10.9 Å². The Morgan fingerprint density at radius 1 is 1.15 bits per heavy atom. The van der Waals surface area contributed by atoms with E-state index >= 15 is 0 Å². The van der Waals surface area contributed by atoms with E-state index in [2.05, 4.69) is 10.3 Å². The molecule has 132 valence electrons. The Morgan fingerprint density at radius 2 is 1.96 bits per heavy atom. The highest BCUT2D eigenvalue weighted by atomic mass is 35.5. The lowest BCUT2D eigenvalue weighted by molar-refractivity contribution is 0.0939. The van der Waals surface area contributed by atoms with E-state index in [1.165, 1.54) is 0 Å². The summed E-state index contributed by atoms with van der Waals surface area (Å²) in [5.74, 6) is 1.24. The molecule has 6 heteroatoms. The van der Waals surface area contributed by atoms with Gasteiger partial charge in [-0.3, -0.25) is 9.78 Å². The van der Waals surface area contributed by atoms with E-state index in [0.29, 0.717) is 22.0 Å². The van der Waals surface area contributed by atoms with Gasteiger partial charge in [0.15, 0.2) is 11.5 Å². The highest BCUT2D eigenvalue weighted by Gasteiger charge is 2.18. The summed E-state index contributed by atoms with van der Waals surface area (Å²) < 4.78 is 10.7. The summed E-state index contributed by atoms with van der Waals surface area (Å²) in [5.41, 5.74) is 2.96. The zero-order chi connectivity index (χ0) is 18.3. The van der Waals surface area contributed by atoms with Crippen molar-refractivity contribution in [3.8, 4) is 11.5 Å². The van der Waals surface area contributed by atoms with Crippen molar-refractivity contribution in [2.45, 2.75) is 19.9 Å². The van der Waals surface area contributed by atoms with Crippen LogP contribution in [0, 0.1) is 6.92 Å². The van der Waals surface area contributed by atoms with Gasteiger partial charge < -0.3 is 14.8 Å². The van der Waals surface area contributed by atoms with Gasteiger partial charge >= 0.3 is 0 Å². The zero-order valence-electron chi connectivity index (χ0n) is 14.4. The van der Waals surface area contributed by atoms with Gasteiger partial charge in [0.05, 0.1) is 22.8 Å². The molecule has 1 atom stereocenters. The van der Waals surface area contributed by atoms with E-state index in [4.69, 9.17) is 21.1 Å². The molecule has 26 heavy (non-hydrogen) atoms. The molecule has 1 N–H and O–H groups in total. The number of fused-ring (bicyclic) bond motifs is 2. The van der Waals surface area contributed by atoms with Gasteiger partial charge in [-0.05, 0) is 55.8 Å². The number of nitrogens with zero attached hydrogens (tertiary/aromatic N) is 1. The Balaban J connectivity index is 1.59. The van der Waals surface area contributed by atoms with Crippen molar-refractivity contribution in [2.24, 2.45) is 0 Å². The van der Waals surface area contributed by atoms with Crippen molar-refractivity contribution in [1.29, 1.82) is 0 Å². The fourth-order valence-electron chi connectivity index (χ4n) is 3.01. The van der Waals surface area contributed by atoms with Crippen LogP contribution in [0.5, 0.6) is 11.5 Å². The molecule has 0 radical (unpaired) electrons. The summed E-state index contributed by atoms with van der Waals surface area (Å²) in [4.78, 5) is 17.3. The Kier molecular flexibility index (Phi) is 4.17. The molecule has 0 spiro atoms. The van der Waals surface area contributed by atoms with Gasteiger partial charge in [0, 0.05) is 10.4 Å². The number of ether oxygens (including phenoxy) is 2. The van der Waals surface area contributed by atoms with Gasteiger partial charge in [-0.25, -0.2) is 0 Å². The monoisotopic (exact) mass is 368 g/mol. The van der Waals surface area contributed by atoms with Crippen LogP contribution in [0.2, 0.25) is 5.02 Å². The van der Waals surface area contributed by atoms with Crippen LogP contribution in [0.15, 0.2) is 42.5 Å². The van der Waals surface area contributed by atoms with E-state index in [0.717, 1.165) is 22.2 Å². The fourth-order valence-corrected chi connectivity index (χ4v) is 3.19. The van der Waals surface area contributed by atoms with Crippen molar-refractivity contribution < 1.29 is 14.3 Å². The molecule has 4 rings (SSSR count). The number of carbonyl (C=O) groups is 1. The molecule has 1 aromatic heterocycles. The number of hydrogen-bond donors (Lipinski definition) is 1. The molecular weight excluding hydrogens is 352 g/mol. The largest absolute Gasteiger partial charge is 0.454 e. The Hall–Kier alpha value is -2.79. The first-order valence-corrected chi connectivity index (χ1v) is 8.66. The molecule has 1 amide bonds. The molecule has 5 nitrogen and oxygen atoms in total. The Bertz CT molecular complexity index is 1020. The second-order valence-corrected chi connectivity index (χ2v) is 6.70. The van der Waals surface area contributed by atoms with Crippen LogP contribution in [0.3, 0.4) is 0 Å². The molecule has 2 aromatic carbocycles. The number of halogens is 1. The molecular formula is C20H17ClN2O3. The lowest BCUT2D eigenvalue weighted by atomic mass is 10.1. The molecule has 1 aliphatic heterocycles. The number of pyridine rings is 1. The number of rotatable bonds is 3. The van der Waals surface area contributed by atoms with Gasteiger partial charge in [0.2, 0.25) is 6.79 Å². The van der Waals surface area contributed by atoms with Crippen LogP contribution in [0.1, 0.15) is 34.6 Å². The van der Waals surface area contributed by atoms with Crippen LogP contribution >= 0.6 is 11.6 Å². The topological polar surface area (TPSA) is 60.5 Å². The summed E-state index contributed by atoms with van der Waals surface area (Å²) in [6.07, 6.45) is 0. The predicted molar refractivity (Wildman–Crippen MR) is 99.9 cm³/mol. The fraction of sp³-hybridized carbons (Fsp3) is 0.200. The van der Waals surface area contributed by atoms with Gasteiger partial charge in [-0.15, -0.1) is 0 Å². The zero-order valence-corrected chi connectivity index (χ0v) is 15.1. The average molecular weight is 369 g/mol. The first-order chi connectivity index (χ1) is 12.5. The summed E-state index contributed by atoms with van der Waals surface area (Å²) in [6.45, 7) is 3.98. The number of aromatic nitrogens is 1. The normalized spacial score (nSPS) is 13.7. The molecule has 0 fully saturated rings. The summed E-state index contributed by atoms with van der Waals surface area (Å²) in [5, 5.41) is 4.47. The third-order valence-corrected chi connectivity index (χ3v) is 4.69. The van der Waals surface area contributed by atoms with Crippen LogP contribution in [0.4, 0.5) is 0 Å². The van der Waals surface area contributed by atoms with Crippen LogP contribution in [-0.2, 0) is 0 Å².